The largest absolute Gasteiger partial charge is 0.310 e. The lowest BCUT2D eigenvalue weighted by Gasteiger charge is -2.16. The SMILES string of the molecule is CCCCCCC(C)NCc1cc(C)c(C)cc1C. The minimum atomic E-state index is 0.623. The van der Waals surface area contributed by atoms with Crippen molar-refractivity contribution in [1.29, 1.82) is 0 Å². The Labute approximate surface area is 119 Å². The van der Waals surface area contributed by atoms with Gasteiger partial charge in [0.2, 0.25) is 0 Å². The van der Waals surface area contributed by atoms with Gasteiger partial charge in [-0.25, -0.2) is 0 Å². The highest BCUT2D eigenvalue weighted by Crippen LogP contribution is 2.15. The maximum atomic E-state index is 3.66. The van der Waals surface area contributed by atoms with E-state index in [1.165, 1.54) is 54.4 Å². The van der Waals surface area contributed by atoms with Crippen LogP contribution in [0.25, 0.3) is 0 Å². The Morgan fingerprint density at radius 1 is 0.947 bits per heavy atom. The third-order valence-electron chi connectivity index (χ3n) is 4.08. The Hall–Kier alpha value is -0.820. The van der Waals surface area contributed by atoms with Gasteiger partial charge in [-0.15, -0.1) is 0 Å². The molecule has 0 saturated heterocycles. The molecule has 1 rings (SSSR count). The fourth-order valence-electron chi connectivity index (χ4n) is 2.47. The van der Waals surface area contributed by atoms with Gasteiger partial charge >= 0.3 is 0 Å². The molecule has 1 nitrogen and oxygen atoms in total. The second kappa shape index (κ2) is 8.37. The number of rotatable bonds is 8. The van der Waals surface area contributed by atoms with Gasteiger partial charge in [-0.2, -0.15) is 0 Å². The first kappa shape index (κ1) is 16.2. The van der Waals surface area contributed by atoms with E-state index < -0.39 is 0 Å². The van der Waals surface area contributed by atoms with Crippen molar-refractivity contribution < 1.29 is 0 Å². The fraction of sp³-hybridized carbons (Fsp3) is 0.667. The Morgan fingerprint density at radius 3 is 2.32 bits per heavy atom. The van der Waals surface area contributed by atoms with Crippen LogP contribution in [0, 0.1) is 20.8 Å². The molecule has 1 aromatic rings. The topological polar surface area (TPSA) is 12.0 Å². The van der Waals surface area contributed by atoms with E-state index in [9.17, 15) is 0 Å². The highest BCUT2D eigenvalue weighted by molar-refractivity contribution is 5.36. The van der Waals surface area contributed by atoms with Crippen LogP contribution >= 0.6 is 0 Å². The monoisotopic (exact) mass is 261 g/mol. The molecule has 1 atom stereocenters. The van der Waals surface area contributed by atoms with Gasteiger partial charge in [0.05, 0.1) is 0 Å². The third-order valence-corrected chi connectivity index (χ3v) is 4.08. The highest BCUT2D eigenvalue weighted by atomic mass is 14.9. The average molecular weight is 261 g/mol. The third kappa shape index (κ3) is 5.78. The van der Waals surface area contributed by atoms with Crippen LogP contribution < -0.4 is 5.32 Å². The molecule has 1 unspecified atom stereocenters. The highest BCUT2D eigenvalue weighted by Gasteiger charge is 2.05. The van der Waals surface area contributed by atoms with Gasteiger partial charge in [-0.05, 0) is 56.4 Å². The summed E-state index contributed by atoms with van der Waals surface area (Å²) in [5.74, 6) is 0. The second-order valence-electron chi connectivity index (χ2n) is 5.99. The van der Waals surface area contributed by atoms with E-state index in [-0.39, 0.29) is 0 Å². The minimum absolute atomic E-state index is 0.623. The average Bonchev–Trinajstić information content (AvgIpc) is 2.37. The van der Waals surface area contributed by atoms with Crippen LogP contribution in [0.5, 0.6) is 0 Å². The molecule has 108 valence electrons. The normalized spacial score (nSPS) is 12.7. The molecule has 1 heteroatoms. The number of benzene rings is 1. The molecule has 0 spiro atoms. The van der Waals surface area contributed by atoms with Gasteiger partial charge < -0.3 is 5.32 Å². The first-order valence-electron chi connectivity index (χ1n) is 7.84. The first-order valence-corrected chi connectivity index (χ1v) is 7.84. The molecular weight excluding hydrogens is 230 g/mol. The van der Waals surface area contributed by atoms with Crippen molar-refractivity contribution in [3.8, 4) is 0 Å². The van der Waals surface area contributed by atoms with E-state index in [0.717, 1.165) is 6.54 Å². The van der Waals surface area contributed by atoms with Crippen LogP contribution in [-0.4, -0.2) is 6.04 Å². The van der Waals surface area contributed by atoms with Crippen LogP contribution in [-0.2, 0) is 6.54 Å². The number of nitrogens with one attached hydrogen (secondary N) is 1. The standard InChI is InChI=1S/C18H31N/c1-6-7-8-9-10-17(5)19-13-18-12-15(3)14(2)11-16(18)4/h11-12,17,19H,6-10,13H2,1-5H3. The van der Waals surface area contributed by atoms with Gasteiger partial charge in [-0.3, -0.25) is 0 Å². The molecule has 0 saturated carbocycles. The van der Waals surface area contributed by atoms with Crippen molar-refractivity contribution in [3.05, 3.63) is 34.4 Å². The summed E-state index contributed by atoms with van der Waals surface area (Å²) in [5.41, 5.74) is 5.66. The summed E-state index contributed by atoms with van der Waals surface area (Å²) in [4.78, 5) is 0. The predicted molar refractivity (Wildman–Crippen MR) is 85.7 cm³/mol. The molecule has 0 aliphatic rings. The van der Waals surface area contributed by atoms with E-state index >= 15 is 0 Å². The Kier molecular flexibility index (Phi) is 7.15. The number of unbranched alkanes of at least 4 members (excludes halogenated alkanes) is 3. The van der Waals surface area contributed by atoms with Gasteiger partial charge in [0.25, 0.3) is 0 Å². The van der Waals surface area contributed by atoms with Gasteiger partial charge in [-0.1, -0.05) is 44.7 Å². The van der Waals surface area contributed by atoms with Crippen molar-refractivity contribution in [1.82, 2.24) is 5.32 Å². The number of hydrogen-bond donors (Lipinski definition) is 1. The van der Waals surface area contributed by atoms with Crippen LogP contribution in [0.15, 0.2) is 12.1 Å². The molecule has 0 amide bonds. The summed E-state index contributed by atoms with van der Waals surface area (Å²) in [6, 6.07) is 5.26. The van der Waals surface area contributed by atoms with Gasteiger partial charge in [0, 0.05) is 12.6 Å². The Balaban J connectivity index is 2.37. The molecular formula is C18H31N. The molecule has 0 fully saturated rings. The van der Waals surface area contributed by atoms with E-state index in [1.807, 2.05) is 0 Å². The summed E-state index contributed by atoms with van der Waals surface area (Å²) in [5, 5.41) is 3.66. The summed E-state index contributed by atoms with van der Waals surface area (Å²) in [7, 11) is 0. The van der Waals surface area contributed by atoms with Crippen LogP contribution in [0.1, 0.15) is 68.2 Å². The Bertz CT molecular complexity index is 382. The second-order valence-corrected chi connectivity index (χ2v) is 5.99. The molecule has 0 bridgehead atoms. The van der Waals surface area contributed by atoms with E-state index in [4.69, 9.17) is 0 Å². The molecule has 0 radical (unpaired) electrons. The molecule has 1 aromatic carbocycles. The molecule has 19 heavy (non-hydrogen) atoms. The van der Waals surface area contributed by atoms with E-state index in [2.05, 4.69) is 52.1 Å². The summed E-state index contributed by atoms with van der Waals surface area (Å²) < 4.78 is 0. The zero-order valence-corrected chi connectivity index (χ0v) is 13.5. The maximum absolute atomic E-state index is 3.66. The van der Waals surface area contributed by atoms with Crippen molar-refractivity contribution in [2.24, 2.45) is 0 Å². The number of aryl methyl sites for hydroxylation is 3. The molecule has 0 aromatic heterocycles. The van der Waals surface area contributed by atoms with E-state index in [0.29, 0.717) is 6.04 Å². The van der Waals surface area contributed by atoms with Crippen LogP contribution in [0.4, 0.5) is 0 Å². The lowest BCUT2D eigenvalue weighted by molar-refractivity contribution is 0.482. The summed E-state index contributed by atoms with van der Waals surface area (Å²) in [6.45, 7) is 12.2. The predicted octanol–water partition coefficient (Wildman–Crippen LogP) is 5.06. The number of hydrogen-bond acceptors (Lipinski definition) is 1. The zero-order valence-electron chi connectivity index (χ0n) is 13.5. The lowest BCUT2D eigenvalue weighted by Crippen LogP contribution is -2.25. The molecule has 1 N–H and O–H groups in total. The minimum Gasteiger partial charge on any atom is -0.310 e. The van der Waals surface area contributed by atoms with Crippen LogP contribution in [0.2, 0.25) is 0 Å². The maximum Gasteiger partial charge on any atom is 0.0210 e. The van der Waals surface area contributed by atoms with Crippen molar-refractivity contribution in [2.45, 2.75) is 79.3 Å². The first-order chi connectivity index (χ1) is 9.04. The Morgan fingerprint density at radius 2 is 1.63 bits per heavy atom. The lowest BCUT2D eigenvalue weighted by atomic mass is 10.0. The quantitative estimate of drug-likeness (QED) is 0.645. The fourth-order valence-corrected chi connectivity index (χ4v) is 2.47. The zero-order chi connectivity index (χ0) is 14.3. The van der Waals surface area contributed by atoms with Gasteiger partial charge in [0.1, 0.15) is 0 Å². The molecule has 0 heterocycles. The van der Waals surface area contributed by atoms with Gasteiger partial charge in [0.15, 0.2) is 0 Å². The van der Waals surface area contributed by atoms with Crippen molar-refractivity contribution >= 4 is 0 Å². The molecule has 0 aliphatic carbocycles. The van der Waals surface area contributed by atoms with E-state index in [1.54, 1.807) is 0 Å². The smallest absolute Gasteiger partial charge is 0.0210 e. The van der Waals surface area contributed by atoms with Crippen molar-refractivity contribution in [3.63, 3.8) is 0 Å². The summed E-state index contributed by atoms with van der Waals surface area (Å²) in [6.07, 6.45) is 6.73. The van der Waals surface area contributed by atoms with Crippen molar-refractivity contribution in [2.75, 3.05) is 0 Å². The summed E-state index contributed by atoms with van der Waals surface area (Å²) >= 11 is 0. The van der Waals surface area contributed by atoms with Crippen LogP contribution in [0.3, 0.4) is 0 Å². The molecule has 0 aliphatic heterocycles.